The van der Waals surface area contributed by atoms with Crippen LogP contribution >= 0.6 is 0 Å². The molecular weight excluding hydrogens is 450 g/mol. The molecule has 1 aromatic heterocycles. The van der Waals surface area contributed by atoms with E-state index in [4.69, 9.17) is 4.52 Å². The molecule has 0 spiro atoms. The molecule has 198 valence electrons. The topological polar surface area (TPSA) is 74.5 Å². The molecule has 4 rings (SSSR count). The number of hydrogen-bond donors (Lipinski definition) is 1. The number of carbonyl (C=O) groups excluding carboxylic acids is 1. The van der Waals surface area contributed by atoms with Crippen molar-refractivity contribution in [2.75, 3.05) is 39.3 Å². The van der Waals surface area contributed by atoms with Crippen LogP contribution in [-0.4, -0.2) is 65.1 Å². The van der Waals surface area contributed by atoms with Gasteiger partial charge in [-0.05, 0) is 68.1 Å². The van der Waals surface area contributed by atoms with Gasteiger partial charge in [0, 0.05) is 31.1 Å². The zero-order valence-electron chi connectivity index (χ0n) is 22.9. The second kappa shape index (κ2) is 11.9. The quantitative estimate of drug-likeness (QED) is 0.534. The van der Waals surface area contributed by atoms with E-state index < -0.39 is 0 Å². The summed E-state index contributed by atoms with van der Waals surface area (Å²) in [7, 11) is 0. The lowest BCUT2D eigenvalue weighted by molar-refractivity contribution is -0.126. The van der Waals surface area contributed by atoms with Gasteiger partial charge in [-0.1, -0.05) is 64.0 Å². The minimum absolute atomic E-state index is 0.107. The summed E-state index contributed by atoms with van der Waals surface area (Å²) >= 11 is 0. The fraction of sp³-hybridized carbons (Fsp3) is 0.690. The van der Waals surface area contributed by atoms with Crippen LogP contribution in [0.4, 0.5) is 0 Å². The van der Waals surface area contributed by atoms with Crippen molar-refractivity contribution in [1.82, 2.24) is 25.3 Å². The largest absolute Gasteiger partial charge is 0.356 e. The van der Waals surface area contributed by atoms with Crippen molar-refractivity contribution in [1.29, 1.82) is 0 Å². The van der Waals surface area contributed by atoms with E-state index in [1.54, 1.807) is 0 Å². The lowest BCUT2D eigenvalue weighted by Gasteiger charge is -2.35. The number of benzene rings is 1. The lowest BCUT2D eigenvalue weighted by atomic mass is 9.87. The minimum Gasteiger partial charge on any atom is -0.356 e. The van der Waals surface area contributed by atoms with Crippen LogP contribution < -0.4 is 5.32 Å². The van der Waals surface area contributed by atoms with Crippen molar-refractivity contribution in [3.8, 4) is 11.4 Å². The van der Waals surface area contributed by atoms with Gasteiger partial charge in [0.05, 0.1) is 6.54 Å². The van der Waals surface area contributed by atoms with Gasteiger partial charge in [-0.15, -0.1) is 0 Å². The molecule has 2 fully saturated rings. The molecule has 2 aliphatic rings. The maximum Gasteiger partial charge on any atom is 0.241 e. The Morgan fingerprint density at radius 3 is 2.36 bits per heavy atom. The van der Waals surface area contributed by atoms with Gasteiger partial charge in [0.25, 0.3) is 0 Å². The van der Waals surface area contributed by atoms with Gasteiger partial charge >= 0.3 is 0 Å². The third-order valence-electron chi connectivity index (χ3n) is 7.69. The van der Waals surface area contributed by atoms with Crippen LogP contribution in [0, 0.1) is 17.8 Å². The summed E-state index contributed by atoms with van der Waals surface area (Å²) < 4.78 is 5.54. The average molecular weight is 496 g/mol. The molecule has 0 radical (unpaired) electrons. The maximum atomic E-state index is 12.7. The van der Waals surface area contributed by atoms with Crippen LogP contribution in [0.15, 0.2) is 28.8 Å². The summed E-state index contributed by atoms with van der Waals surface area (Å²) in [5, 5.41) is 7.38. The first-order chi connectivity index (χ1) is 17.2. The molecule has 0 aliphatic carbocycles. The number of hydrogen-bond acceptors (Lipinski definition) is 6. The molecule has 1 aromatic carbocycles. The van der Waals surface area contributed by atoms with E-state index in [1.807, 2.05) is 0 Å². The Morgan fingerprint density at radius 2 is 1.72 bits per heavy atom. The molecule has 0 saturated carbocycles. The Hall–Kier alpha value is -2.25. The second-order valence-electron chi connectivity index (χ2n) is 12.2. The van der Waals surface area contributed by atoms with Crippen LogP contribution in [0.25, 0.3) is 11.4 Å². The summed E-state index contributed by atoms with van der Waals surface area (Å²) in [6, 6.07) is 8.39. The zero-order valence-corrected chi connectivity index (χ0v) is 22.9. The highest BCUT2D eigenvalue weighted by atomic mass is 16.5. The van der Waals surface area contributed by atoms with Crippen molar-refractivity contribution >= 4 is 5.91 Å². The predicted octanol–water partition coefficient (Wildman–Crippen LogP) is 4.73. The summed E-state index contributed by atoms with van der Waals surface area (Å²) in [6.07, 6.45) is 4.12. The standard InChI is InChI=1S/C29H45N5O2/c1-21-17-22(2)19-34(18-21)14-6-13-30-28(35)24-11-15-33(16-12-24)20-26-31-27(32-36-26)23-7-9-25(10-8-23)29(3,4)5/h7-10,21-22,24H,6,11-20H2,1-5H3,(H,30,35). The molecule has 3 heterocycles. The minimum atomic E-state index is 0.107. The van der Waals surface area contributed by atoms with Crippen molar-refractivity contribution in [2.24, 2.45) is 17.8 Å². The smallest absolute Gasteiger partial charge is 0.241 e. The van der Waals surface area contributed by atoms with Gasteiger partial charge < -0.3 is 14.7 Å². The molecule has 2 unspecified atom stereocenters. The first kappa shape index (κ1) is 26.8. The second-order valence-corrected chi connectivity index (χ2v) is 12.2. The molecule has 2 aromatic rings. The first-order valence-electron chi connectivity index (χ1n) is 13.8. The summed E-state index contributed by atoms with van der Waals surface area (Å²) in [5.74, 6) is 3.16. The Balaban J connectivity index is 1.16. The van der Waals surface area contributed by atoms with Crippen LogP contribution in [0.5, 0.6) is 0 Å². The van der Waals surface area contributed by atoms with E-state index in [9.17, 15) is 4.79 Å². The number of amides is 1. The normalized spacial score (nSPS) is 22.6. The highest BCUT2D eigenvalue weighted by molar-refractivity contribution is 5.78. The summed E-state index contributed by atoms with van der Waals surface area (Å²) in [5.41, 5.74) is 2.38. The molecule has 7 heteroatoms. The number of nitrogens with one attached hydrogen (secondary N) is 1. The van der Waals surface area contributed by atoms with Crippen LogP contribution in [0.3, 0.4) is 0 Å². The van der Waals surface area contributed by atoms with Gasteiger partial charge in [0.2, 0.25) is 17.6 Å². The van der Waals surface area contributed by atoms with Gasteiger partial charge in [-0.25, -0.2) is 0 Å². The average Bonchev–Trinajstić information content (AvgIpc) is 3.29. The van der Waals surface area contributed by atoms with E-state index >= 15 is 0 Å². The molecule has 2 aliphatic heterocycles. The number of likely N-dealkylation sites (tertiary alicyclic amines) is 2. The number of carbonyl (C=O) groups is 1. The van der Waals surface area contributed by atoms with Gasteiger partial charge in [-0.2, -0.15) is 4.98 Å². The SMILES string of the molecule is CC1CC(C)CN(CCCNC(=O)C2CCN(Cc3nc(-c4ccc(C(C)(C)C)cc4)no3)CC2)C1. The molecule has 0 bridgehead atoms. The summed E-state index contributed by atoms with van der Waals surface area (Å²) in [4.78, 5) is 22.2. The van der Waals surface area contributed by atoms with Crippen molar-refractivity contribution < 1.29 is 9.32 Å². The Labute approximate surface area is 217 Å². The van der Waals surface area contributed by atoms with Crippen molar-refractivity contribution in [2.45, 2.75) is 72.3 Å². The fourth-order valence-electron chi connectivity index (χ4n) is 5.73. The van der Waals surface area contributed by atoms with Crippen LogP contribution in [0.2, 0.25) is 0 Å². The number of nitrogens with zero attached hydrogens (tertiary/aromatic N) is 4. The van der Waals surface area contributed by atoms with E-state index in [0.29, 0.717) is 18.3 Å². The van der Waals surface area contributed by atoms with Crippen molar-refractivity contribution in [3.63, 3.8) is 0 Å². The van der Waals surface area contributed by atoms with E-state index in [1.165, 1.54) is 25.1 Å². The summed E-state index contributed by atoms with van der Waals surface area (Å²) in [6.45, 7) is 18.0. The molecule has 1 amide bonds. The molecular formula is C29H45N5O2. The van der Waals surface area contributed by atoms with Gasteiger partial charge in [0.15, 0.2) is 0 Å². The monoisotopic (exact) mass is 495 g/mol. The molecule has 2 atom stereocenters. The number of aromatic nitrogens is 2. The molecule has 1 N–H and O–H groups in total. The van der Waals surface area contributed by atoms with Gasteiger partial charge in [0.1, 0.15) is 0 Å². The molecule has 36 heavy (non-hydrogen) atoms. The lowest BCUT2D eigenvalue weighted by Crippen LogP contribution is -2.42. The van der Waals surface area contributed by atoms with Gasteiger partial charge in [-0.3, -0.25) is 9.69 Å². The third-order valence-corrected chi connectivity index (χ3v) is 7.69. The Morgan fingerprint density at radius 1 is 1.06 bits per heavy atom. The van der Waals surface area contributed by atoms with E-state index in [-0.39, 0.29) is 17.2 Å². The third kappa shape index (κ3) is 7.39. The number of piperidine rings is 2. The fourth-order valence-corrected chi connectivity index (χ4v) is 5.73. The van der Waals surface area contributed by atoms with E-state index in [2.05, 4.69) is 84.1 Å². The highest BCUT2D eigenvalue weighted by Crippen LogP contribution is 2.26. The maximum absolute atomic E-state index is 12.7. The molecule has 2 saturated heterocycles. The van der Waals surface area contributed by atoms with Crippen LogP contribution in [-0.2, 0) is 16.8 Å². The van der Waals surface area contributed by atoms with Crippen molar-refractivity contribution in [3.05, 3.63) is 35.7 Å². The zero-order chi connectivity index (χ0) is 25.7. The predicted molar refractivity (Wildman–Crippen MR) is 143 cm³/mol. The van der Waals surface area contributed by atoms with Crippen LogP contribution in [0.1, 0.15) is 71.8 Å². The Kier molecular flexibility index (Phi) is 8.83. The molecule has 7 nitrogen and oxygen atoms in total. The highest BCUT2D eigenvalue weighted by Gasteiger charge is 2.26. The Bertz CT molecular complexity index is 962. The number of rotatable bonds is 8. The van der Waals surface area contributed by atoms with E-state index in [0.717, 1.165) is 62.8 Å². The first-order valence-corrected chi connectivity index (χ1v) is 13.8.